The van der Waals surface area contributed by atoms with Gasteiger partial charge in [0.05, 0.1) is 17.8 Å². The molecule has 0 radical (unpaired) electrons. The lowest BCUT2D eigenvalue weighted by atomic mass is 9.90. The van der Waals surface area contributed by atoms with E-state index in [-0.39, 0.29) is 12.2 Å². The van der Waals surface area contributed by atoms with Gasteiger partial charge in [-0.1, -0.05) is 54.6 Å². The average Bonchev–Trinajstić information content (AvgIpc) is 2.73. The number of fused-ring (bicyclic) bond motifs is 2. The smallest absolute Gasteiger partial charge is 0.153 e. The van der Waals surface area contributed by atoms with Crippen molar-refractivity contribution in [2.24, 2.45) is 0 Å². The largest absolute Gasteiger partial charge is 0.490 e. The molecular weight excluding hydrogens is 372 g/mol. The minimum Gasteiger partial charge on any atom is -0.490 e. The van der Waals surface area contributed by atoms with Crippen LogP contribution >= 0.6 is 0 Å². The van der Waals surface area contributed by atoms with E-state index in [1.165, 1.54) is 0 Å². The van der Waals surface area contributed by atoms with Crippen LogP contribution in [0.3, 0.4) is 0 Å². The predicted octanol–water partition coefficient (Wildman–Crippen LogP) is 7.05. The molecule has 0 fully saturated rings. The van der Waals surface area contributed by atoms with E-state index in [2.05, 4.69) is 24.3 Å². The first-order valence-electron chi connectivity index (χ1n) is 10.4. The summed E-state index contributed by atoms with van der Waals surface area (Å²) in [4.78, 5) is 12.1. The molecule has 0 atom stereocenters. The van der Waals surface area contributed by atoms with Gasteiger partial charge in [-0.3, -0.25) is 4.79 Å². The molecule has 0 heterocycles. The highest BCUT2D eigenvalue weighted by molar-refractivity contribution is 6.12. The maximum Gasteiger partial charge on any atom is 0.153 e. The zero-order valence-corrected chi connectivity index (χ0v) is 17.8. The standard InChI is InChI=1S/C27H26O3/c1-17(2)29-24-14-13-19-9-5-7-11-22(19)25(24)26-23-12-8-6-10-20(23)15-21(16-28)27(26)30-18(3)4/h5-18H,1-4H3. The van der Waals surface area contributed by atoms with Gasteiger partial charge in [0.25, 0.3) is 0 Å². The summed E-state index contributed by atoms with van der Waals surface area (Å²) in [7, 11) is 0. The van der Waals surface area contributed by atoms with E-state index in [0.29, 0.717) is 11.3 Å². The van der Waals surface area contributed by atoms with Crippen molar-refractivity contribution in [3.63, 3.8) is 0 Å². The van der Waals surface area contributed by atoms with Crippen molar-refractivity contribution in [1.29, 1.82) is 0 Å². The van der Waals surface area contributed by atoms with Gasteiger partial charge in [0.2, 0.25) is 0 Å². The fourth-order valence-corrected chi connectivity index (χ4v) is 3.91. The maximum atomic E-state index is 12.1. The first-order chi connectivity index (χ1) is 14.5. The van der Waals surface area contributed by atoms with Crippen LogP contribution in [-0.2, 0) is 0 Å². The summed E-state index contributed by atoms with van der Waals surface area (Å²) < 4.78 is 12.5. The summed E-state index contributed by atoms with van der Waals surface area (Å²) in [6.45, 7) is 7.99. The lowest BCUT2D eigenvalue weighted by Gasteiger charge is -2.23. The van der Waals surface area contributed by atoms with Gasteiger partial charge in [-0.15, -0.1) is 0 Å². The van der Waals surface area contributed by atoms with Gasteiger partial charge in [-0.2, -0.15) is 0 Å². The molecule has 4 aromatic rings. The molecule has 0 bridgehead atoms. The van der Waals surface area contributed by atoms with Crippen molar-refractivity contribution < 1.29 is 14.3 Å². The van der Waals surface area contributed by atoms with Crippen molar-refractivity contribution in [3.05, 3.63) is 72.3 Å². The molecule has 0 aromatic heterocycles. The number of hydrogen-bond acceptors (Lipinski definition) is 3. The third kappa shape index (κ3) is 3.63. The van der Waals surface area contributed by atoms with E-state index in [9.17, 15) is 4.79 Å². The van der Waals surface area contributed by atoms with E-state index in [1.807, 2.05) is 70.2 Å². The molecule has 3 heteroatoms. The molecule has 4 rings (SSSR count). The highest BCUT2D eigenvalue weighted by atomic mass is 16.5. The van der Waals surface area contributed by atoms with Crippen molar-refractivity contribution in [2.45, 2.75) is 39.9 Å². The Hall–Kier alpha value is -3.33. The van der Waals surface area contributed by atoms with Crippen LogP contribution in [0.15, 0.2) is 66.7 Å². The minimum atomic E-state index is -0.0759. The summed E-state index contributed by atoms with van der Waals surface area (Å²) in [6, 6.07) is 22.3. The van der Waals surface area contributed by atoms with Crippen molar-refractivity contribution in [3.8, 4) is 22.6 Å². The molecule has 0 N–H and O–H groups in total. The van der Waals surface area contributed by atoms with Crippen molar-refractivity contribution >= 4 is 27.8 Å². The normalized spacial score (nSPS) is 11.4. The van der Waals surface area contributed by atoms with Gasteiger partial charge >= 0.3 is 0 Å². The number of benzene rings is 4. The van der Waals surface area contributed by atoms with Crippen LogP contribution in [-0.4, -0.2) is 18.5 Å². The Morgan fingerprint density at radius 3 is 1.93 bits per heavy atom. The minimum absolute atomic E-state index is 0.0138. The van der Waals surface area contributed by atoms with Crippen LogP contribution < -0.4 is 9.47 Å². The Bertz CT molecular complexity index is 1220. The Morgan fingerprint density at radius 1 is 0.700 bits per heavy atom. The third-order valence-corrected chi connectivity index (χ3v) is 5.01. The molecule has 0 aliphatic carbocycles. The van der Waals surface area contributed by atoms with Crippen LogP contribution in [0.5, 0.6) is 11.5 Å². The number of carbonyl (C=O) groups is 1. The molecule has 0 unspecified atom stereocenters. The number of hydrogen-bond donors (Lipinski definition) is 0. The second-order valence-electron chi connectivity index (χ2n) is 8.00. The molecule has 3 nitrogen and oxygen atoms in total. The fourth-order valence-electron chi connectivity index (χ4n) is 3.91. The summed E-state index contributed by atoms with van der Waals surface area (Å²) in [6.07, 6.45) is 0.815. The first-order valence-corrected chi connectivity index (χ1v) is 10.4. The highest BCUT2D eigenvalue weighted by Crippen LogP contribution is 2.47. The van der Waals surface area contributed by atoms with Gasteiger partial charge in [-0.05, 0) is 61.4 Å². The van der Waals surface area contributed by atoms with E-state index >= 15 is 0 Å². The molecule has 0 aliphatic heterocycles. The van der Waals surface area contributed by atoms with Crippen LogP contribution in [0.1, 0.15) is 38.1 Å². The summed E-state index contributed by atoms with van der Waals surface area (Å²) in [5.41, 5.74) is 2.40. The Labute approximate surface area is 177 Å². The van der Waals surface area contributed by atoms with E-state index < -0.39 is 0 Å². The van der Waals surface area contributed by atoms with E-state index in [0.717, 1.165) is 44.7 Å². The van der Waals surface area contributed by atoms with Crippen LogP contribution in [0.2, 0.25) is 0 Å². The summed E-state index contributed by atoms with van der Waals surface area (Å²) >= 11 is 0. The number of aldehydes is 1. The Morgan fingerprint density at radius 2 is 1.30 bits per heavy atom. The molecule has 0 amide bonds. The Kier molecular flexibility index (Phi) is 5.45. The van der Waals surface area contributed by atoms with Crippen LogP contribution in [0, 0.1) is 0 Å². The van der Waals surface area contributed by atoms with Gasteiger partial charge < -0.3 is 9.47 Å². The van der Waals surface area contributed by atoms with Gasteiger partial charge in [0.15, 0.2) is 6.29 Å². The third-order valence-electron chi connectivity index (χ3n) is 5.01. The molecule has 0 aliphatic rings. The SMILES string of the molecule is CC(C)Oc1ccc2ccccc2c1-c1c(OC(C)C)c(C=O)cc2ccccc12. The fraction of sp³-hybridized carbons (Fsp3) is 0.222. The van der Waals surface area contributed by atoms with Crippen LogP contribution in [0.25, 0.3) is 32.7 Å². The molecule has 30 heavy (non-hydrogen) atoms. The zero-order valence-electron chi connectivity index (χ0n) is 17.8. The van der Waals surface area contributed by atoms with Crippen molar-refractivity contribution in [2.75, 3.05) is 0 Å². The molecule has 0 saturated heterocycles. The van der Waals surface area contributed by atoms with Gasteiger partial charge in [0, 0.05) is 11.1 Å². The average molecular weight is 399 g/mol. The van der Waals surface area contributed by atoms with E-state index in [4.69, 9.17) is 9.47 Å². The van der Waals surface area contributed by atoms with Crippen LogP contribution in [0.4, 0.5) is 0 Å². The topological polar surface area (TPSA) is 35.5 Å². The predicted molar refractivity (Wildman–Crippen MR) is 124 cm³/mol. The molecular formula is C27H26O3. The van der Waals surface area contributed by atoms with Crippen molar-refractivity contribution in [1.82, 2.24) is 0 Å². The zero-order chi connectivity index (χ0) is 21.3. The summed E-state index contributed by atoms with van der Waals surface area (Å²) in [5.74, 6) is 1.38. The second-order valence-corrected chi connectivity index (χ2v) is 8.00. The van der Waals surface area contributed by atoms with E-state index in [1.54, 1.807) is 0 Å². The number of ether oxygens (including phenoxy) is 2. The monoisotopic (exact) mass is 398 g/mol. The van der Waals surface area contributed by atoms with Gasteiger partial charge in [-0.25, -0.2) is 0 Å². The lowest BCUT2D eigenvalue weighted by molar-refractivity contribution is 0.111. The van der Waals surface area contributed by atoms with Gasteiger partial charge in [0.1, 0.15) is 11.5 Å². The number of carbonyl (C=O) groups excluding carboxylic acids is 1. The first kappa shape index (κ1) is 20.0. The molecule has 0 saturated carbocycles. The number of rotatable bonds is 6. The molecule has 4 aromatic carbocycles. The molecule has 0 spiro atoms. The summed E-state index contributed by atoms with van der Waals surface area (Å²) in [5, 5.41) is 4.20. The second kappa shape index (κ2) is 8.19. The molecule has 152 valence electrons. The Balaban J connectivity index is 2.20. The maximum absolute atomic E-state index is 12.1. The lowest BCUT2D eigenvalue weighted by Crippen LogP contribution is -2.10. The highest BCUT2D eigenvalue weighted by Gasteiger charge is 2.22. The quantitative estimate of drug-likeness (QED) is 0.327.